The molecule has 2 amide bonds. The molecule has 130 valence electrons. The maximum Gasteiger partial charge on any atom is 0.329 e. The first-order valence-corrected chi connectivity index (χ1v) is 7.73. The van der Waals surface area contributed by atoms with E-state index in [4.69, 9.17) is 16.3 Å². The summed E-state index contributed by atoms with van der Waals surface area (Å²) in [6.07, 6.45) is 1.33. The number of amides is 2. The molecule has 0 fully saturated rings. The van der Waals surface area contributed by atoms with Gasteiger partial charge < -0.3 is 15.2 Å². The second-order valence-corrected chi connectivity index (χ2v) is 5.26. The molecule has 0 radical (unpaired) electrons. The first-order valence-electron chi connectivity index (χ1n) is 7.35. The van der Waals surface area contributed by atoms with Crippen molar-refractivity contribution in [2.45, 2.75) is 6.92 Å². The number of carbonyl (C=O) groups is 2. The molecule has 3 N–H and O–H groups in total. The third-order valence-electron chi connectivity index (χ3n) is 2.95. The quantitative estimate of drug-likeness (QED) is 0.433. The molecule has 0 atom stereocenters. The molecule has 0 unspecified atom stereocenters. The molecule has 0 aliphatic heterocycles. The van der Waals surface area contributed by atoms with Gasteiger partial charge in [-0.3, -0.25) is 9.59 Å². The molecule has 0 aliphatic carbocycles. The molecule has 0 aromatic heterocycles. The number of hydrogen-bond donors (Lipinski definition) is 3. The highest BCUT2D eigenvalue weighted by Crippen LogP contribution is 2.26. The van der Waals surface area contributed by atoms with E-state index < -0.39 is 11.8 Å². The van der Waals surface area contributed by atoms with Crippen molar-refractivity contribution in [3.05, 3.63) is 53.1 Å². The van der Waals surface area contributed by atoms with Gasteiger partial charge in [0, 0.05) is 10.7 Å². The first-order chi connectivity index (χ1) is 12.0. The highest BCUT2D eigenvalue weighted by atomic mass is 35.5. The Balaban J connectivity index is 1.93. The number of anilines is 1. The predicted molar refractivity (Wildman–Crippen MR) is 95.1 cm³/mol. The van der Waals surface area contributed by atoms with Crippen LogP contribution in [-0.2, 0) is 9.59 Å². The number of rotatable bonds is 5. The van der Waals surface area contributed by atoms with E-state index in [9.17, 15) is 14.7 Å². The topological polar surface area (TPSA) is 100 Å². The summed E-state index contributed by atoms with van der Waals surface area (Å²) < 4.78 is 5.25. The third kappa shape index (κ3) is 5.50. The van der Waals surface area contributed by atoms with E-state index in [0.29, 0.717) is 28.6 Å². The number of phenolic OH excluding ortho intramolecular Hbond substituents is 1. The molecule has 2 rings (SSSR count). The fraction of sp³-hybridized carbons (Fsp3) is 0.118. The van der Waals surface area contributed by atoms with Crippen LogP contribution in [0.15, 0.2) is 47.6 Å². The van der Waals surface area contributed by atoms with Crippen LogP contribution in [-0.4, -0.2) is 29.7 Å². The van der Waals surface area contributed by atoms with Crippen LogP contribution < -0.4 is 15.5 Å². The number of benzene rings is 2. The van der Waals surface area contributed by atoms with Gasteiger partial charge in [-0.05, 0) is 48.9 Å². The van der Waals surface area contributed by atoms with E-state index in [0.717, 1.165) is 0 Å². The van der Waals surface area contributed by atoms with Crippen molar-refractivity contribution < 1.29 is 19.4 Å². The zero-order valence-corrected chi connectivity index (χ0v) is 14.1. The third-order valence-corrected chi connectivity index (χ3v) is 3.19. The summed E-state index contributed by atoms with van der Waals surface area (Å²) >= 11 is 5.80. The van der Waals surface area contributed by atoms with E-state index in [1.807, 2.05) is 0 Å². The lowest BCUT2D eigenvalue weighted by Crippen LogP contribution is -2.32. The molecular weight excluding hydrogens is 346 g/mol. The van der Waals surface area contributed by atoms with Crippen LogP contribution in [0, 0.1) is 0 Å². The molecule has 0 bridgehead atoms. The van der Waals surface area contributed by atoms with E-state index in [-0.39, 0.29) is 5.75 Å². The number of nitrogens with one attached hydrogen (secondary N) is 2. The van der Waals surface area contributed by atoms with Crippen LogP contribution >= 0.6 is 11.6 Å². The number of carbonyl (C=O) groups excluding carboxylic acids is 2. The Morgan fingerprint density at radius 1 is 1.24 bits per heavy atom. The van der Waals surface area contributed by atoms with Gasteiger partial charge in [0.1, 0.15) is 0 Å². The smallest absolute Gasteiger partial charge is 0.329 e. The van der Waals surface area contributed by atoms with Gasteiger partial charge >= 0.3 is 11.8 Å². The van der Waals surface area contributed by atoms with Gasteiger partial charge in [0.2, 0.25) is 0 Å². The molecule has 0 saturated carbocycles. The predicted octanol–water partition coefficient (Wildman–Crippen LogP) is 2.53. The van der Waals surface area contributed by atoms with Gasteiger partial charge in [-0.15, -0.1) is 0 Å². The normalized spacial score (nSPS) is 10.5. The van der Waals surface area contributed by atoms with Crippen molar-refractivity contribution in [3.63, 3.8) is 0 Å². The summed E-state index contributed by atoms with van der Waals surface area (Å²) in [5.74, 6) is -1.50. The highest BCUT2D eigenvalue weighted by Gasteiger charge is 2.12. The van der Waals surface area contributed by atoms with Gasteiger partial charge in [-0.25, -0.2) is 5.43 Å². The Kier molecular flexibility index (Phi) is 6.36. The lowest BCUT2D eigenvalue weighted by atomic mass is 10.2. The van der Waals surface area contributed by atoms with E-state index in [1.54, 1.807) is 37.3 Å². The van der Waals surface area contributed by atoms with Crippen molar-refractivity contribution >= 4 is 35.3 Å². The Morgan fingerprint density at radius 3 is 2.76 bits per heavy atom. The van der Waals surface area contributed by atoms with Crippen molar-refractivity contribution in [2.24, 2.45) is 5.10 Å². The minimum atomic E-state index is -0.931. The maximum atomic E-state index is 11.8. The number of ether oxygens (including phenoxy) is 1. The summed E-state index contributed by atoms with van der Waals surface area (Å²) in [7, 11) is 0. The van der Waals surface area contributed by atoms with Gasteiger partial charge in [0.05, 0.1) is 12.8 Å². The number of phenols is 1. The molecule has 8 heteroatoms. The van der Waals surface area contributed by atoms with Crippen LogP contribution in [0.1, 0.15) is 12.5 Å². The van der Waals surface area contributed by atoms with Crippen LogP contribution in [0.4, 0.5) is 5.69 Å². The zero-order chi connectivity index (χ0) is 18.2. The van der Waals surface area contributed by atoms with E-state index in [2.05, 4.69) is 15.8 Å². The van der Waals surface area contributed by atoms with Crippen molar-refractivity contribution in [2.75, 3.05) is 11.9 Å². The standard InChI is InChI=1S/C17H16ClN3O4/c1-2-25-15-8-11(6-7-14(15)22)10-19-21-17(24)16(23)20-13-5-3-4-12(18)9-13/h3-10,22H,2H2,1H3,(H,20,23)(H,21,24). The Hall–Kier alpha value is -3.06. The lowest BCUT2D eigenvalue weighted by molar-refractivity contribution is -0.136. The van der Waals surface area contributed by atoms with Gasteiger partial charge in [-0.1, -0.05) is 17.7 Å². The summed E-state index contributed by atoms with van der Waals surface area (Å²) in [6, 6.07) is 11.0. The van der Waals surface area contributed by atoms with Crippen molar-refractivity contribution in [1.82, 2.24) is 5.43 Å². The minimum absolute atomic E-state index is 0.00364. The molecule has 0 saturated heterocycles. The monoisotopic (exact) mass is 361 g/mol. The molecule has 0 spiro atoms. The van der Waals surface area contributed by atoms with Crippen molar-refractivity contribution in [3.8, 4) is 11.5 Å². The largest absolute Gasteiger partial charge is 0.504 e. The number of aromatic hydroxyl groups is 1. The zero-order valence-electron chi connectivity index (χ0n) is 13.3. The van der Waals surface area contributed by atoms with Gasteiger partial charge in [-0.2, -0.15) is 5.10 Å². The summed E-state index contributed by atoms with van der Waals surface area (Å²) in [5, 5.41) is 16.2. The Bertz CT molecular complexity index is 808. The fourth-order valence-electron chi connectivity index (χ4n) is 1.85. The second-order valence-electron chi connectivity index (χ2n) is 4.82. The lowest BCUT2D eigenvalue weighted by Gasteiger charge is -2.06. The van der Waals surface area contributed by atoms with Crippen LogP contribution in [0.5, 0.6) is 11.5 Å². The van der Waals surface area contributed by atoms with Crippen LogP contribution in [0.3, 0.4) is 0 Å². The first kappa shape index (κ1) is 18.3. The van der Waals surface area contributed by atoms with Gasteiger partial charge in [0.15, 0.2) is 11.5 Å². The Morgan fingerprint density at radius 2 is 2.04 bits per heavy atom. The van der Waals surface area contributed by atoms with E-state index >= 15 is 0 Å². The fourth-order valence-corrected chi connectivity index (χ4v) is 2.04. The molecule has 2 aromatic rings. The molecule has 0 aliphatic rings. The number of halogens is 1. The highest BCUT2D eigenvalue weighted by molar-refractivity contribution is 6.39. The Labute approximate surface area is 149 Å². The summed E-state index contributed by atoms with van der Waals surface area (Å²) in [6.45, 7) is 2.19. The number of nitrogens with zero attached hydrogens (tertiary/aromatic N) is 1. The molecule has 7 nitrogen and oxygen atoms in total. The number of hydrazone groups is 1. The van der Waals surface area contributed by atoms with E-state index in [1.165, 1.54) is 18.3 Å². The van der Waals surface area contributed by atoms with Crippen LogP contribution in [0.2, 0.25) is 5.02 Å². The second kappa shape index (κ2) is 8.70. The minimum Gasteiger partial charge on any atom is -0.504 e. The van der Waals surface area contributed by atoms with Gasteiger partial charge in [0.25, 0.3) is 0 Å². The maximum absolute atomic E-state index is 11.8. The molecule has 25 heavy (non-hydrogen) atoms. The summed E-state index contributed by atoms with van der Waals surface area (Å²) in [4.78, 5) is 23.5. The van der Waals surface area contributed by atoms with Crippen molar-refractivity contribution in [1.29, 1.82) is 0 Å². The molecular formula is C17H16ClN3O4. The molecule has 0 heterocycles. The van der Waals surface area contributed by atoms with Crippen LogP contribution in [0.25, 0.3) is 0 Å². The number of hydrogen-bond acceptors (Lipinski definition) is 5. The SMILES string of the molecule is CCOc1cc(C=NNC(=O)C(=O)Nc2cccc(Cl)c2)ccc1O. The summed E-state index contributed by atoms with van der Waals surface area (Å²) in [5.41, 5.74) is 3.09. The average molecular weight is 362 g/mol. The molecule has 2 aromatic carbocycles. The average Bonchev–Trinajstić information content (AvgIpc) is 2.58.